The van der Waals surface area contributed by atoms with Crippen LogP contribution in [0.4, 0.5) is 0 Å². The smallest absolute Gasteiger partial charge is 0.315 e. The fourth-order valence-electron chi connectivity index (χ4n) is 2.73. The molecule has 140 valence electrons. The van der Waals surface area contributed by atoms with E-state index in [9.17, 15) is 14.4 Å². The highest BCUT2D eigenvalue weighted by Crippen LogP contribution is 2.05. The highest BCUT2D eigenvalue weighted by molar-refractivity contribution is 5.83. The summed E-state index contributed by atoms with van der Waals surface area (Å²) in [5.74, 6) is -0.411. The normalized spacial score (nSPS) is 11.4. The predicted octanol–water partition coefficient (Wildman–Crippen LogP) is 0.146. The molecule has 0 aliphatic carbocycles. The molecule has 9 heteroatoms. The van der Waals surface area contributed by atoms with Crippen LogP contribution >= 0.6 is 0 Å². The molecule has 0 radical (unpaired) electrons. The van der Waals surface area contributed by atoms with Gasteiger partial charge in [0.25, 0.3) is 11.5 Å². The molecule has 0 saturated carbocycles. The number of aromatic nitrogens is 4. The molecule has 0 atom stereocenters. The summed E-state index contributed by atoms with van der Waals surface area (Å²) in [4.78, 5) is 40.5. The second-order valence-corrected chi connectivity index (χ2v) is 6.14. The van der Waals surface area contributed by atoms with Gasteiger partial charge in [-0.1, -0.05) is 31.2 Å². The predicted molar refractivity (Wildman–Crippen MR) is 102 cm³/mol. The van der Waals surface area contributed by atoms with Gasteiger partial charge in [0.2, 0.25) is 0 Å². The first kappa shape index (κ1) is 18.3. The maximum atomic E-state index is 12.3. The van der Waals surface area contributed by atoms with Crippen LogP contribution in [0.1, 0.15) is 18.1 Å². The molecule has 0 bridgehead atoms. The van der Waals surface area contributed by atoms with Gasteiger partial charge in [-0.3, -0.25) is 18.7 Å². The number of aryl methyl sites for hydroxylation is 2. The van der Waals surface area contributed by atoms with Crippen molar-refractivity contribution in [3.8, 4) is 0 Å². The van der Waals surface area contributed by atoms with Crippen molar-refractivity contribution >= 4 is 23.3 Å². The molecule has 2 aromatic heterocycles. The number of amides is 1. The summed E-state index contributed by atoms with van der Waals surface area (Å²) in [6.45, 7) is 1.93. The highest BCUT2D eigenvalue weighted by atomic mass is 16.2. The number of hydrogen-bond donors (Lipinski definition) is 1. The Morgan fingerprint density at radius 2 is 1.89 bits per heavy atom. The molecule has 0 saturated heterocycles. The van der Waals surface area contributed by atoms with Gasteiger partial charge in [0, 0.05) is 14.1 Å². The van der Waals surface area contributed by atoms with Crippen LogP contribution in [0, 0.1) is 0 Å². The lowest BCUT2D eigenvalue weighted by molar-refractivity contribution is -0.121. The topological polar surface area (TPSA) is 103 Å². The lowest BCUT2D eigenvalue weighted by Crippen LogP contribution is -2.38. The summed E-state index contributed by atoms with van der Waals surface area (Å²) in [6, 6.07) is 7.84. The van der Waals surface area contributed by atoms with Gasteiger partial charge >= 0.3 is 5.69 Å². The van der Waals surface area contributed by atoms with Gasteiger partial charge < -0.3 is 4.57 Å². The molecule has 3 aromatic rings. The summed E-state index contributed by atoms with van der Waals surface area (Å²) in [5, 5.41) is 3.93. The van der Waals surface area contributed by atoms with Crippen molar-refractivity contribution in [2.45, 2.75) is 19.9 Å². The Kier molecular flexibility index (Phi) is 5.02. The van der Waals surface area contributed by atoms with E-state index in [1.54, 1.807) is 6.21 Å². The monoisotopic (exact) mass is 368 g/mol. The molecule has 0 spiro atoms. The lowest BCUT2D eigenvalue weighted by Gasteiger charge is -2.06. The zero-order valence-corrected chi connectivity index (χ0v) is 15.3. The molecule has 3 rings (SSSR count). The second-order valence-electron chi connectivity index (χ2n) is 6.14. The molecule has 27 heavy (non-hydrogen) atoms. The molecule has 1 N–H and O–H groups in total. The van der Waals surface area contributed by atoms with Gasteiger partial charge in [-0.2, -0.15) is 5.10 Å². The fourth-order valence-corrected chi connectivity index (χ4v) is 2.73. The van der Waals surface area contributed by atoms with E-state index in [2.05, 4.69) is 22.4 Å². The number of hydrazone groups is 1. The minimum Gasteiger partial charge on any atom is -0.315 e. The van der Waals surface area contributed by atoms with Crippen LogP contribution < -0.4 is 16.7 Å². The minimum absolute atomic E-state index is 0.143. The fraction of sp³-hybridized carbons (Fsp3) is 0.278. The van der Waals surface area contributed by atoms with Gasteiger partial charge in [-0.25, -0.2) is 15.2 Å². The Bertz CT molecular complexity index is 1130. The third kappa shape index (κ3) is 3.57. The Hall–Kier alpha value is -3.49. The van der Waals surface area contributed by atoms with Crippen molar-refractivity contribution in [1.82, 2.24) is 24.1 Å². The number of nitrogens with zero attached hydrogens (tertiary/aromatic N) is 5. The van der Waals surface area contributed by atoms with Crippen molar-refractivity contribution in [2.24, 2.45) is 19.2 Å². The molecule has 0 aliphatic heterocycles. The van der Waals surface area contributed by atoms with E-state index >= 15 is 0 Å². The van der Waals surface area contributed by atoms with Crippen LogP contribution in [0.2, 0.25) is 0 Å². The molecule has 1 amide bonds. The first-order valence-corrected chi connectivity index (χ1v) is 8.44. The molecule has 0 fully saturated rings. The zero-order valence-electron chi connectivity index (χ0n) is 15.3. The standard InChI is InChI=1S/C18H20N6O3/c1-4-12-5-7-13(8-6-12)9-20-21-14(25)10-24-11-19-16-15(24)17(26)23(3)18(27)22(16)2/h5-9,11H,4,10H2,1-3H3,(H,21,25)/b20-9-. The average molecular weight is 368 g/mol. The molecule has 0 unspecified atom stereocenters. The summed E-state index contributed by atoms with van der Waals surface area (Å²) in [5.41, 5.74) is 3.96. The van der Waals surface area contributed by atoms with E-state index in [0.717, 1.165) is 16.6 Å². The van der Waals surface area contributed by atoms with E-state index in [1.807, 2.05) is 24.3 Å². The van der Waals surface area contributed by atoms with Crippen molar-refractivity contribution in [3.63, 3.8) is 0 Å². The number of rotatable bonds is 5. The maximum absolute atomic E-state index is 12.3. The minimum atomic E-state index is -0.502. The lowest BCUT2D eigenvalue weighted by atomic mass is 10.1. The summed E-state index contributed by atoms with van der Waals surface area (Å²) >= 11 is 0. The largest absolute Gasteiger partial charge is 0.332 e. The number of benzene rings is 1. The van der Waals surface area contributed by atoms with Gasteiger partial charge in [0.1, 0.15) is 6.54 Å². The second kappa shape index (κ2) is 7.40. The maximum Gasteiger partial charge on any atom is 0.332 e. The van der Waals surface area contributed by atoms with Gasteiger partial charge in [-0.15, -0.1) is 0 Å². The summed E-state index contributed by atoms with van der Waals surface area (Å²) in [6.07, 6.45) is 3.86. The van der Waals surface area contributed by atoms with Crippen LogP contribution in [0.3, 0.4) is 0 Å². The molecule has 2 heterocycles. The number of hydrogen-bond acceptors (Lipinski definition) is 5. The first-order chi connectivity index (χ1) is 12.9. The molecule has 0 aliphatic rings. The van der Waals surface area contributed by atoms with Crippen LogP contribution in [0.5, 0.6) is 0 Å². The summed E-state index contributed by atoms with van der Waals surface area (Å²) < 4.78 is 3.65. The van der Waals surface area contributed by atoms with Crippen molar-refractivity contribution < 1.29 is 4.79 Å². The van der Waals surface area contributed by atoms with Crippen LogP contribution in [0.25, 0.3) is 11.2 Å². The average Bonchev–Trinajstić information content (AvgIpc) is 3.08. The van der Waals surface area contributed by atoms with Crippen LogP contribution in [-0.4, -0.2) is 30.8 Å². The number of nitrogens with one attached hydrogen (secondary N) is 1. The Balaban J connectivity index is 1.75. The van der Waals surface area contributed by atoms with E-state index in [1.165, 1.54) is 35.1 Å². The molecule has 9 nitrogen and oxygen atoms in total. The number of fused-ring (bicyclic) bond motifs is 1. The Morgan fingerprint density at radius 3 is 2.56 bits per heavy atom. The number of imidazole rings is 1. The molecular formula is C18H20N6O3. The van der Waals surface area contributed by atoms with E-state index in [0.29, 0.717) is 0 Å². The van der Waals surface area contributed by atoms with Crippen LogP contribution in [-0.2, 0) is 31.9 Å². The molecular weight excluding hydrogens is 348 g/mol. The quantitative estimate of drug-likeness (QED) is 0.511. The number of carbonyl (C=O) groups is 1. The number of carbonyl (C=O) groups excluding carboxylic acids is 1. The van der Waals surface area contributed by atoms with Crippen molar-refractivity contribution in [1.29, 1.82) is 0 Å². The third-order valence-corrected chi connectivity index (χ3v) is 4.32. The van der Waals surface area contributed by atoms with Crippen molar-refractivity contribution in [3.05, 3.63) is 62.6 Å². The van der Waals surface area contributed by atoms with E-state index in [4.69, 9.17) is 0 Å². The Labute approximate surface area is 154 Å². The SMILES string of the molecule is CCc1ccc(/C=N\NC(=O)Cn2cnc3c2c(=O)n(C)c(=O)n3C)cc1. The van der Waals surface area contributed by atoms with E-state index in [-0.39, 0.29) is 17.7 Å². The van der Waals surface area contributed by atoms with E-state index < -0.39 is 17.2 Å². The van der Waals surface area contributed by atoms with Crippen LogP contribution in [0.15, 0.2) is 45.3 Å². The zero-order chi connectivity index (χ0) is 19.6. The molecule has 1 aromatic carbocycles. The van der Waals surface area contributed by atoms with Gasteiger partial charge in [0.15, 0.2) is 11.2 Å². The van der Waals surface area contributed by atoms with Crippen molar-refractivity contribution in [2.75, 3.05) is 0 Å². The van der Waals surface area contributed by atoms with Gasteiger partial charge in [-0.05, 0) is 17.5 Å². The summed E-state index contributed by atoms with van der Waals surface area (Å²) in [7, 11) is 2.91. The third-order valence-electron chi connectivity index (χ3n) is 4.32. The van der Waals surface area contributed by atoms with Gasteiger partial charge in [0.05, 0.1) is 12.5 Å². The first-order valence-electron chi connectivity index (χ1n) is 8.44. The Morgan fingerprint density at radius 1 is 1.19 bits per heavy atom. The highest BCUT2D eigenvalue weighted by Gasteiger charge is 2.15.